The summed E-state index contributed by atoms with van der Waals surface area (Å²) in [6, 6.07) is 5.90. The van der Waals surface area contributed by atoms with Crippen molar-refractivity contribution in [3.8, 4) is 11.3 Å². The Labute approximate surface area is 166 Å². The number of nitrogens with zero attached hydrogens (tertiary/aromatic N) is 4. The first-order valence-corrected chi connectivity index (χ1v) is 9.79. The Morgan fingerprint density at radius 3 is 2.79 bits per heavy atom. The molecular weight excluding hydrogens is 356 g/mol. The van der Waals surface area contributed by atoms with Crippen LogP contribution in [-0.2, 0) is 4.74 Å². The van der Waals surface area contributed by atoms with Crippen LogP contribution in [0.4, 0.5) is 5.95 Å². The Morgan fingerprint density at radius 2 is 2.07 bits per heavy atom. The molecular formula is C21H30N4O3. The second-order valence-corrected chi connectivity index (χ2v) is 7.67. The Bertz CT molecular complexity index is 801. The molecule has 0 spiro atoms. The fourth-order valence-corrected chi connectivity index (χ4v) is 3.98. The van der Waals surface area contributed by atoms with Gasteiger partial charge in [0.25, 0.3) is 0 Å². The molecule has 1 aliphatic heterocycles. The van der Waals surface area contributed by atoms with Crippen LogP contribution in [0.3, 0.4) is 0 Å². The van der Waals surface area contributed by atoms with E-state index in [4.69, 9.17) is 9.72 Å². The van der Waals surface area contributed by atoms with E-state index in [1.165, 1.54) is 0 Å². The zero-order valence-corrected chi connectivity index (χ0v) is 16.9. The quantitative estimate of drug-likeness (QED) is 0.704. The van der Waals surface area contributed by atoms with Gasteiger partial charge in [-0.15, -0.1) is 0 Å². The van der Waals surface area contributed by atoms with Crippen LogP contribution in [0.2, 0.25) is 0 Å². The van der Waals surface area contributed by atoms with E-state index in [0.717, 1.165) is 29.1 Å². The van der Waals surface area contributed by atoms with E-state index in [9.17, 15) is 10.2 Å². The van der Waals surface area contributed by atoms with Crippen LogP contribution in [0.1, 0.15) is 30.7 Å². The number of pyridine rings is 1. The van der Waals surface area contributed by atoms with Gasteiger partial charge in [-0.2, -0.15) is 0 Å². The average Bonchev–Trinajstić information content (AvgIpc) is 2.70. The predicted octanol–water partition coefficient (Wildman–Crippen LogP) is 2.13. The number of aromatic nitrogens is 3. The molecule has 2 aromatic rings. The molecule has 2 atom stereocenters. The molecule has 3 heterocycles. The molecule has 0 aliphatic carbocycles. The molecule has 0 bridgehead atoms. The van der Waals surface area contributed by atoms with Crippen LogP contribution < -0.4 is 4.90 Å². The van der Waals surface area contributed by atoms with E-state index in [1.54, 1.807) is 13.3 Å². The van der Waals surface area contributed by atoms with Crippen molar-refractivity contribution in [2.75, 3.05) is 38.3 Å². The number of methoxy groups -OCH3 is 1. The highest BCUT2D eigenvalue weighted by Crippen LogP contribution is 2.36. The number of hydrogen-bond acceptors (Lipinski definition) is 7. The fraction of sp³-hybridized carbons (Fsp3) is 0.571. The highest BCUT2D eigenvalue weighted by Gasteiger charge is 2.42. The molecule has 0 saturated carbocycles. The van der Waals surface area contributed by atoms with Gasteiger partial charge in [0.1, 0.15) is 0 Å². The molecule has 1 fully saturated rings. The van der Waals surface area contributed by atoms with Crippen molar-refractivity contribution in [1.29, 1.82) is 0 Å². The lowest BCUT2D eigenvalue weighted by molar-refractivity contribution is -0.0389. The summed E-state index contributed by atoms with van der Waals surface area (Å²) in [5.74, 6) is 0.619. The maximum atomic E-state index is 10.6. The number of ether oxygens (including phenoxy) is 1. The van der Waals surface area contributed by atoms with Crippen molar-refractivity contribution in [3.05, 3.63) is 35.8 Å². The van der Waals surface area contributed by atoms with Gasteiger partial charge >= 0.3 is 0 Å². The lowest BCUT2D eigenvalue weighted by Gasteiger charge is -2.45. The van der Waals surface area contributed by atoms with Crippen LogP contribution in [-0.4, -0.2) is 64.7 Å². The maximum absolute atomic E-state index is 10.6. The number of aryl methyl sites for hydroxylation is 2. The number of aliphatic hydroxyl groups excluding tert-OH is 2. The molecule has 0 amide bonds. The first kappa shape index (κ1) is 20.6. The van der Waals surface area contributed by atoms with E-state index < -0.39 is 11.5 Å². The standard InChI is InChI=1S/C21H30N4O3/c1-15-5-6-17(16(2)23-15)18-7-10-22-20(24-18)25-11-8-19(27)21(13-25,14-26)9-4-12-28-3/h5-7,10,19,26-27H,4,8-9,11-14H2,1-3H3/t19-,21+/m1/s1. The highest BCUT2D eigenvalue weighted by atomic mass is 16.5. The van der Waals surface area contributed by atoms with Crippen molar-refractivity contribution in [2.24, 2.45) is 5.41 Å². The third-order valence-electron chi connectivity index (χ3n) is 5.65. The van der Waals surface area contributed by atoms with Gasteiger partial charge in [-0.1, -0.05) is 0 Å². The topological polar surface area (TPSA) is 91.6 Å². The van der Waals surface area contributed by atoms with Crippen molar-refractivity contribution in [3.63, 3.8) is 0 Å². The summed E-state index contributed by atoms with van der Waals surface area (Å²) in [4.78, 5) is 15.8. The van der Waals surface area contributed by atoms with Crippen molar-refractivity contribution >= 4 is 5.95 Å². The van der Waals surface area contributed by atoms with Gasteiger partial charge in [0.2, 0.25) is 5.95 Å². The summed E-state index contributed by atoms with van der Waals surface area (Å²) in [6.07, 6.45) is 3.27. The molecule has 7 heteroatoms. The summed E-state index contributed by atoms with van der Waals surface area (Å²) < 4.78 is 5.15. The SMILES string of the molecule is COCCC[C@@]1(CO)CN(c2nccc(-c3ccc(C)nc3C)n2)CC[C@H]1O. The molecule has 0 unspecified atom stereocenters. The monoisotopic (exact) mass is 386 g/mol. The van der Waals surface area contributed by atoms with Crippen molar-refractivity contribution < 1.29 is 14.9 Å². The summed E-state index contributed by atoms with van der Waals surface area (Å²) in [7, 11) is 1.66. The molecule has 7 nitrogen and oxygen atoms in total. The van der Waals surface area contributed by atoms with E-state index in [2.05, 4.69) is 14.9 Å². The molecule has 28 heavy (non-hydrogen) atoms. The zero-order valence-electron chi connectivity index (χ0n) is 16.9. The smallest absolute Gasteiger partial charge is 0.225 e. The highest BCUT2D eigenvalue weighted by molar-refractivity contribution is 5.62. The van der Waals surface area contributed by atoms with E-state index in [1.807, 2.05) is 32.0 Å². The first-order valence-electron chi connectivity index (χ1n) is 9.79. The summed E-state index contributed by atoms with van der Waals surface area (Å²) in [5, 5.41) is 20.7. The minimum Gasteiger partial charge on any atom is -0.396 e. The lowest BCUT2D eigenvalue weighted by Crippen LogP contribution is -2.54. The number of piperidine rings is 1. The van der Waals surface area contributed by atoms with Gasteiger partial charge in [0.15, 0.2) is 0 Å². The second kappa shape index (κ2) is 8.94. The number of hydrogen-bond donors (Lipinski definition) is 2. The van der Waals surface area contributed by atoms with Crippen LogP contribution in [0.15, 0.2) is 24.4 Å². The fourth-order valence-electron chi connectivity index (χ4n) is 3.98. The molecule has 0 radical (unpaired) electrons. The Hall–Kier alpha value is -2.09. The molecule has 1 saturated heterocycles. The average molecular weight is 386 g/mol. The van der Waals surface area contributed by atoms with Gasteiger partial charge in [-0.05, 0) is 51.3 Å². The number of aliphatic hydroxyl groups is 2. The van der Waals surface area contributed by atoms with Crippen LogP contribution in [0.25, 0.3) is 11.3 Å². The number of rotatable bonds is 7. The maximum Gasteiger partial charge on any atom is 0.225 e. The van der Waals surface area contributed by atoms with Crippen LogP contribution in [0.5, 0.6) is 0 Å². The Kier molecular flexibility index (Phi) is 6.59. The molecule has 2 aromatic heterocycles. The summed E-state index contributed by atoms with van der Waals surface area (Å²) in [5.41, 5.74) is 3.14. The second-order valence-electron chi connectivity index (χ2n) is 7.67. The molecule has 3 rings (SSSR count). The summed E-state index contributed by atoms with van der Waals surface area (Å²) in [6.45, 7) is 5.66. The third-order valence-corrected chi connectivity index (χ3v) is 5.65. The van der Waals surface area contributed by atoms with Crippen LogP contribution in [0, 0.1) is 19.3 Å². The molecule has 2 N–H and O–H groups in total. The van der Waals surface area contributed by atoms with Gasteiger partial charge < -0.3 is 19.8 Å². The van der Waals surface area contributed by atoms with Gasteiger partial charge in [-0.3, -0.25) is 4.98 Å². The molecule has 0 aromatic carbocycles. The Balaban J connectivity index is 1.85. The zero-order chi connectivity index (χ0) is 20.1. The minimum absolute atomic E-state index is 0.0743. The van der Waals surface area contributed by atoms with Gasteiger partial charge in [0, 0.05) is 55.4 Å². The van der Waals surface area contributed by atoms with Crippen LogP contribution >= 0.6 is 0 Å². The first-order chi connectivity index (χ1) is 13.5. The minimum atomic E-state index is -0.586. The van der Waals surface area contributed by atoms with Gasteiger partial charge in [-0.25, -0.2) is 9.97 Å². The van der Waals surface area contributed by atoms with Gasteiger partial charge in [0.05, 0.1) is 18.4 Å². The van der Waals surface area contributed by atoms with E-state index in [-0.39, 0.29) is 6.61 Å². The normalized spacial score (nSPS) is 22.5. The molecule has 1 aliphatic rings. The van der Waals surface area contributed by atoms with E-state index in [0.29, 0.717) is 38.5 Å². The molecule has 152 valence electrons. The lowest BCUT2D eigenvalue weighted by atomic mass is 9.74. The third kappa shape index (κ3) is 4.32. The number of anilines is 1. The van der Waals surface area contributed by atoms with E-state index >= 15 is 0 Å². The predicted molar refractivity (Wildman–Crippen MR) is 108 cm³/mol. The van der Waals surface area contributed by atoms with Crippen molar-refractivity contribution in [1.82, 2.24) is 15.0 Å². The van der Waals surface area contributed by atoms with Crippen molar-refractivity contribution in [2.45, 2.75) is 39.2 Å². The summed E-state index contributed by atoms with van der Waals surface area (Å²) >= 11 is 0. The largest absolute Gasteiger partial charge is 0.396 e. The Morgan fingerprint density at radius 1 is 1.25 bits per heavy atom.